The maximum absolute atomic E-state index is 12.0. The highest BCUT2D eigenvalue weighted by molar-refractivity contribution is 5.14. The average molecular weight is 343 g/mol. The van der Waals surface area contributed by atoms with E-state index < -0.39 is 17.4 Å². The molecule has 0 saturated carbocycles. The second-order valence-electron chi connectivity index (χ2n) is 6.66. The standard InChI is InChI=1S/C19H25N3O3/c23-17-9-13-21(11-4-7-15-5-2-1-3-6-15)12-8-16(17)22-14-10-18(24)20-19(22)25/h1-3,5-6,10,14,16-17,23H,4,7-9,11-13H2,(H,20,24,25)/t16-,17-/m0/s1. The lowest BCUT2D eigenvalue weighted by molar-refractivity contribution is 0.105. The molecule has 0 spiro atoms. The molecule has 3 rings (SSSR count). The van der Waals surface area contributed by atoms with Crippen molar-refractivity contribution in [2.75, 3.05) is 19.6 Å². The zero-order chi connectivity index (χ0) is 17.6. The Bertz CT molecular complexity index is 784. The summed E-state index contributed by atoms with van der Waals surface area (Å²) in [5.74, 6) is 0. The van der Waals surface area contributed by atoms with E-state index in [-0.39, 0.29) is 6.04 Å². The van der Waals surface area contributed by atoms with Crippen LogP contribution in [0.3, 0.4) is 0 Å². The van der Waals surface area contributed by atoms with Gasteiger partial charge in [0.15, 0.2) is 0 Å². The Labute approximate surface area is 146 Å². The minimum Gasteiger partial charge on any atom is -0.391 e. The molecule has 1 aliphatic rings. The molecule has 25 heavy (non-hydrogen) atoms. The van der Waals surface area contributed by atoms with Gasteiger partial charge in [-0.2, -0.15) is 0 Å². The van der Waals surface area contributed by atoms with Gasteiger partial charge in [0, 0.05) is 25.4 Å². The summed E-state index contributed by atoms with van der Waals surface area (Å²) in [4.78, 5) is 27.8. The van der Waals surface area contributed by atoms with E-state index in [0.717, 1.165) is 32.5 Å². The molecule has 0 bridgehead atoms. The molecule has 6 nitrogen and oxygen atoms in total. The van der Waals surface area contributed by atoms with Crippen LogP contribution in [0, 0.1) is 0 Å². The van der Waals surface area contributed by atoms with Crippen LogP contribution < -0.4 is 11.2 Å². The van der Waals surface area contributed by atoms with Crippen LogP contribution in [0.25, 0.3) is 0 Å². The van der Waals surface area contributed by atoms with Crippen LogP contribution in [-0.4, -0.2) is 45.3 Å². The second kappa shape index (κ2) is 8.27. The lowest BCUT2D eigenvalue weighted by atomic mass is 10.1. The second-order valence-corrected chi connectivity index (χ2v) is 6.66. The van der Waals surface area contributed by atoms with E-state index in [4.69, 9.17) is 0 Å². The highest BCUT2D eigenvalue weighted by Gasteiger charge is 2.26. The van der Waals surface area contributed by atoms with Gasteiger partial charge in [0.05, 0.1) is 12.1 Å². The first-order chi connectivity index (χ1) is 12.1. The van der Waals surface area contributed by atoms with Gasteiger partial charge in [0.1, 0.15) is 0 Å². The minimum absolute atomic E-state index is 0.288. The molecule has 2 N–H and O–H groups in total. The topological polar surface area (TPSA) is 78.3 Å². The van der Waals surface area contributed by atoms with Crippen LogP contribution in [0.4, 0.5) is 0 Å². The lowest BCUT2D eigenvalue weighted by Gasteiger charge is -2.22. The number of aromatic nitrogens is 2. The molecule has 1 fully saturated rings. The lowest BCUT2D eigenvalue weighted by Crippen LogP contribution is -2.36. The summed E-state index contributed by atoms with van der Waals surface area (Å²) in [6.45, 7) is 2.64. The molecule has 2 atom stereocenters. The summed E-state index contributed by atoms with van der Waals surface area (Å²) in [5.41, 5.74) is 0.482. The predicted octanol–water partition coefficient (Wildman–Crippen LogP) is 1.17. The van der Waals surface area contributed by atoms with Gasteiger partial charge in [-0.3, -0.25) is 14.3 Å². The number of rotatable bonds is 5. The Hall–Kier alpha value is -2.18. The largest absolute Gasteiger partial charge is 0.391 e. The van der Waals surface area contributed by atoms with Crippen molar-refractivity contribution in [1.29, 1.82) is 0 Å². The van der Waals surface area contributed by atoms with Crippen molar-refractivity contribution in [1.82, 2.24) is 14.5 Å². The van der Waals surface area contributed by atoms with Crippen LogP contribution >= 0.6 is 0 Å². The first-order valence-corrected chi connectivity index (χ1v) is 8.89. The van der Waals surface area contributed by atoms with E-state index in [9.17, 15) is 14.7 Å². The SMILES string of the molecule is O=c1ccn([C@H]2CCN(CCCc3ccccc3)CC[C@@H]2O)c(=O)[nH]1. The normalized spacial score (nSPS) is 21.8. The van der Waals surface area contributed by atoms with Crippen LogP contribution in [0.15, 0.2) is 52.2 Å². The van der Waals surface area contributed by atoms with Gasteiger partial charge in [-0.15, -0.1) is 0 Å². The molecule has 1 aromatic heterocycles. The van der Waals surface area contributed by atoms with E-state index >= 15 is 0 Å². The van der Waals surface area contributed by atoms with E-state index in [1.54, 1.807) is 0 Å². The molecular formula is C19H25N3O3. The molecule has 0 aliphatic carbocycles. The minimum atomic E-state index is -0.581. The number of aliphatic hydroxyl groups excluding tert-OH is 1. The number of likely N-dealkylation sites (tertiary alicyclic amines) is 1. The first kappa shape index (κ1) is 17.6. The molecule has 1 aliphatic heterocycles. The molecule has 0 radical (unpaired) electrons. The van der Waals surface area contributed by atoms with Crippen molar-refractivity contribution < 1.29 is 5.11 Å². The number of hydrogen-bond donors (Lipinski definition) is 2. The Morgan fingerprint density at radius 1 is 1.08 bits per heavy atom. The summed E-state index contributed by atoms with van der Waals surface area (Å²) in [6.07, 6.45) is 4.34. The average Bonchev–Trinajstić information content (AvgIpc) is 2.78. The van der Waals surface area contributed by atoms with Gasteiger partial charge >= 0.3 is 5.69 Å². The molecular weight excluding hydrogens is 318 g/mol. The maximum Gasteiger partial charge on any atom is 0.328 e. The molecule has 0 unspecified atom stereocenters. The van der Waals surface area contributed by atoms with Crippen molar-refractivity contribution in [3.8, 4) is 0 Å². The molecule has 1 aromatic carbocycles. The summed E-state index contributed by atoms with van der Waals surface area (Å²) < 4.78 is 1.46. The first-order valence-electron chi connectivity index (χ1n) is 8.89. The fourth-order valence-electron chi connectivity index (χ4n) is 3.51. The van der Waals surface area contributed by atoms with Crippen molar-refractivity contribution >= 4 is 0 Å². The van der Waals surface area contributed by atoms with Gasteiger partial charge in [0.25, 0.3) is 5.56 Å². The number of H-pyrrole nitrogens is 1. The smallest absolute Gasteiger partial charge is 0.328 e. The number of aromatic amines is 1. The zero-order valence-corrected chi connectivity index (χ0v) is 14.3. The van der Waals surface area contributed by atoms with Crippen molar-refractivity contribution in [3.63, 3.8) is 0 Å². The third kappa shape index (κ3) is 4.67. The van der Waals surface area contributed by atoms with Crippen LogP contribution in [-0.2, 0) is 6.42 Å². The Morgan fingerprint density at radius 3 is 2.60 bits per heavy atom. The maximum atomic E-state index is 12.0. The molecule has 134 valence electrons. The molecule has 2 heterocycles. The van der Waals surface area contributed by atoms with Gasteiger partial charge < -0.3 is 10.0 Å². The molecule has 1 saturated heterocycles. The van der Waals surface area contributed by atoms with Gasteiger partial charge in [-0.25, -0.2) is 4.79 Å². The number of nitrogens with zero attached hydrogens (tertiary/aromatic N) is 2. The highest BCUT2D eigenvalue weighted by Crippen LogP contribution is 2.22. The fraction of sp³-hybridized carbons (Fsp3) is 0.474. The Balaban J connectivity index is 1.57. The van der Waals surface area contributed by atoms with Crippen molar-refractivity contribution in [3.05, 3.63) is 69.0 Å². The number of aryl methyl sites for hydroxylation is 1. The molecule has 0 amide bonds. The molecule has 2 aromatic rings. The van der Waals surface area contributed by atoms with E-state index in [1.165, 1.54) is 22.4 Å². The Kier molecular flexibility index (Phi) is 5.83. The summed E-state index contributed by atoms with van der Waals surface area (Å²) in [5, 5.41) is 10.4. The summed E-state index contributed by atoms with van der Waals surface area (Å²) in [7, 11) is 0. The molecule has 6 heteroatoms. The van der Waals surface area contributed by atoms with Crippen molar-refractivity contribution in [2.45, 2.75) is 37.8 Å². The third-order valence-electron chi connectivity index (χ3n) is 4.92. The monoisotopic (exact) mass is 343 g/mol. The van der Waals surface area contributed by atoms with E-state index in [2.05, 4.69) is 34.1 Å². The number of nitrogens with one attached hydrogen (secondary N) is 1. The quantitative estimate of drug-likeness (QED) is 0.854. The van der Waals surface area contributed by atoms with Gasteiger partial charge in [-0.05, 0) is 37.8 Å². The number of benzene rings is 1. The van der Waals surface area contributed by atoms with E-state index in [1.807, 2.05) is 6.07 Å². The highest BCUT2D eigenvalue weighted by atomic mass is 16.3. The van der Waals surface area contributed by atoms with Crippen LogP contribution in [0.1, 0.15) is 30.9 Å². The van der Waals surface area contributed by atoms with E-state index in [0.29, 0.717) is 12.8 Å². The van der Waals surface area contributed by atoms with Crippen LogP contribution in [0.5, 0.6) is 0 Å². The summed E-state index contributed by atoms with van der Waals surface area (Å²) >= 11 is 0. The number of hydrogen-bond acceptors (Lipinski definition) is 4. The Morgan fingerprint density at radius 2 is 1.84 bits per heavy atom. The predicted molar refractivity (Wildman–Crippen MR) is 96.8 cm³/mol. The number of aliphatic hydroxyl groups is 1. The fourth-order valence-corrected chi connectivity index (χ4v) is 3.51. The zero-order valence-electron chi connectivity index (χ0n) is 14.3. The van der Waals surface area contributed by atoms with Gasteiger partial charge in [-0.1, -0.05) is 30.3 Å². The van der Waals surface area contributed by atoms with Gasteiger partial charge in [0.2, 0.25) is 0 Å². The van der Waals surface area contributed by atoms with Crippen LogP contribution in [0.2, 0.25) is 0 Å². The van der Waals surface area contributed by atoms with Crippen molar-refractivity contribution in [2.24, 2.45) is 0 Å². The third-order valence-corrected chi connectivity index (χ3v) is 4.92. The summed E-state index contributed by atoms with van der Waals surface area (Å²) in [6, 6.07) is 11.5.